The lowest BCUT2D eigenvalue weighted by molar-refractivity contribution is -0.384. The molecule has 25 heavy (non-hydrogen) atoms. The third-order valence-electron chi connectivity index (χ3n) is 5.99. The van der Waals surface area contributed by atoms with Gasteiger partial charge in [-0.25, -0.2) is 0 Å². The van der Waals surface area contributed by atoms with E-state index in [4.69, 9.17) is 0 Å². The lowest BCUT2D eigenvalue weighted by Gasteiger charge is -2.43. The van der Waals surface area contributed by atoms with Gasteiger partial charge in [0.1, 0.15) is 5.69 Å². The van der Waals surface area contributed by atoms with E-state index >= 15 is 0 Å². The summed E-state index contributed by atoms with van der Waals surface area (Å²) in [5.74, 6) is 2.40. The fourth-order valence-electron chi connectivity index (χ4n) is 4.66. The second-order valence-corrected chi connectivity index (χ2v) is 8.53. The van der Waals surface area contributed by atoms with Gasteiger partial charge in [0.05, 0.1) is 4.92 Å². The molecule has 0 radical (unpaired) electrons. The van der Waals surface area contributed by atoms with Gasteiger partial charge in [0.15, 0.2) is 0 Å². The Morgan fingerprint density at radius 3 is 2.76 bits per heavy atom. The molecule has 0 atom stereocenters. The second-order valence-electron chi connectivity index (χ2n) is 7.30. The number of benzene rings is 1. The van der Waals surface area contributed by atoms with Crippen molar-refractivity contribution in [1.29, 1.82) is 0 Å². The molecule has 0 bridgehead atoms. The van der Waals surface area contributed by atoms with Gasteiger partial charge in [0, 0.05) is 60.5 Å². The van der Waals surface area contributed by atoms with Gasteiger partial charge in [-0.05, 0) is 25.3 Å². The Labute approximate surface area is 152 Å². The summed E-state index contributed by atoms with van der Waals surface area (Å²) in [6.45, 7) is 3.96. The molecular weight excluding hydrogens is 336 g/mol. The number of nitrogens with one attached hydrogen (secondary N) is 2. The van der Waals surface area contributed by atoms with Crippen molar-refractivity contribution in [3.8, 4) is 0 Å². The molecule has 1 saturated carbocycles. The van der Waals surface area contributed by atoms with E-state index < -0.39 is 0 Å². The molecule has 0 amide bonds. The minimum absolute atomic E-state index is 0.170. The van der Waals surface area contributed by atoms with Crippen LogP contribution >= 0.6 is 11.8 Å². The Bertz CT molecular complexity index is 655. The highest BCUT2D eigenvalue weighted by Crippen LogP contribution is 2.40. The Balaban J connectivity index is 1.59. The van der Waals surface area contributed by atoms with Crippen LogP contribution in [0.15, 0.2) is 12.1 Å². The first kappa shape index (κ1) is 17.0. The lowest BCUT2D eigenvalue weighted by atomic mass is 9.94. The van der Waals surface area contributed by atoms with E-state index in [1.807, 2.05) is 17.8 Å². The average molecular weight is 362 g/mol. The first-order chi connectivity index (χ1) is 12.2. The maximum atomic E-state index is 11.5. The monoisotopic (exact) mass is 362 g/mol. The molecule has 2 aliphatic heterocycles. The van der Waals surface area contributed by atoms with Gasteiger partial charge in [0.2, 0.25) is 0 Å². The predicted octanol–water partition coefficient (Wildman–Crippen LogP) is 3.34. The maximum absolute atomic E-state index is 11.5. The van der Waals surface area contributed by atoms with Crippen LogP contribution in [-0.2, 0) is 6.42 Å². The molecule has 4 rings (SSSR count). The number of anilines is 2. The van der Waals surface area contributed by atoms with Crippen molar-refractivity contribution >= 4 is 28.8 Å². The molecule has 0 spiro atoms. The summed E-state index contributed by atoms with van der Waals surface area (Å²) in [6, 6.07) is 3.48. The molecule has 6 nitrogen and oxygen atoms in total. The van der Waals surface area contributed by atoms with E-state index in [-0.39, 0.29) is 16.1 Å². The summed E-state index contributed by atoms with van der Waals surface area (Å²) in [5, 5.41) is 18.4. The van der Waals surface area contributed by atoms with Crippen LogP contribution in [0.4, 0.5) is 17.1 Å². The first-order valence-corrected chi connectivity index (χ1v) is 10.5. The fourth-order valence-corrected chi connectivity index (χ4v) is 5.56. The van der Waals surface area contributed by atoms with Gasteiger partial charge < -0.3 is 10.6 Å². The van der Waals surface area contributed by atoms with Crippen molar-refractivity contribution < 1.29 is 4.92 Å². The van der Waals surface area contributed by atoms with Crippen LogP contribution in [0.1, 0.15) is 31.2 Å². The van der Waals surface area contributed by atoms with E-state index in [2.05, 4.69) is 15.5 Å². The van der Waals surface area contributed by atoms with Gasteiger partial charge in [-0.3, -0.25) is 15.0 Å². The average Bonchev–Trinajstić information content (AvgIpc) is 3.30. The Morgan fingerprint density at radius 1 is 1.28 bits per heavy atom. The van der Waals surface area contributed by atoms with Gasteiger partial charge in [-0.1, -0.05) is 12.8 Å². The summed E-state index contributed by atoms with van der Waals surface area (Å²) in [7, 11) is 0. The van der Waals surface area contributed by atoms with Gasteiger partial charge in [0.25, 0.3) is 5.69 Å². The molecular formula is C18H26N4O2S. The SMILES string of the molecule is O=[N+]([O-])c1ccc2c(c1NCC1(N3CCSCC3)CCCC1)CCN2. The molecule has 1 saturated heterocycles. The van der Waals surface area contributed by atoms with E-state index in [1.54, 1.807) is 6.07 Å². The van der Waals surface area contributed by atoms with Crippen molar-refractivity contribution in [2.45, 2.75) is 37.6 Å². The number of nitro benzene ring substituents is 1. The fraction of sp³-hybridized carbons (Fsp3) is 0.667. The topological polar surface area (TPSA) is 70.4 Å². The van der Waals surface area contributed by atoms with Crippen LogP contribution in [0.25, 0.3) is 0 Å². The van der Waals surface area contributed by atoms with Crippen LogP contribution in [0.2, 0.25) is 0 Å². The molecule has 0 aromatic heterocycles. The molecule has 2 N–H and O–H groups in total. The molecule has 136 valence electrons. The summed E-state index contributed by atoms with van der Waals surface area (Å²) < 4.78 is 0. The van der Waals surface area contributed by atoms with Crippen molar-refractivity contribution in [2.75, 3.05) is 48.3 Å². The molecule has 7 heteroatoms. The number of hydrogen-bond acceptors (Lipinski definition) is 6. The summed E-state index contributed by atoms with van der Waals surface area (Å²) in [4.78, 5) is 13.9. The highest BCUT2D eigenvalue weighted by atomic mass is 32.2. The molecule has 3 aliphatic rings. The maximum Gasteiger partial charge on any atom is 0.292 e. The minimum atomic E-state index is -0.250. The van der Waals surface area contributed by atoms with Crippen LogP contribution in [0.3, 0.4) is 0 Å². The number of hydrogen-bond donors (Lipinski definition) is 2. The van der Waals surface area contributed by atoms with Gasteiger partial charge >= 0.3 is 0 Å². The van der Waals surface area contributed by atoms with Crippen LogP contribution < -0.4 is 10.6 Å². The van der Waals surface area contributed by atoms with E-state index in [0.29, 0.717) is 0 Å². The van der Waals surface area contributed by atoms with Crippen LogP contribution in [0.5, 0.6) is 0 Å². The zero-order valence-corrected chi connectivity index (χ0v) is 15.4. The lowest BCUT2D eigenvalue weighted by Crippen LogP contribution is -2.54. The first-order valence-electron chi connectivity index (χ1n) is 9.30. The summed E-state index contributed by atoms with van der Waals surface area (Å²) in [5.41, 5.74) is 3.25. The van der Waals surface area contributed by atoms with E-state index in [9.17, 15) is 10.1 Å². The largest absolute Gasteiger partial charge is 0.384 e. The van der Waals surface area contributed by atoms with E-state index in [1.165, 1.54) is 37.2 Å². The zero-order chi connectivity index (χ0) is 17.3. The molecule has 0 unspecified atom stereocenters. The smallest absolute Gasteiger partial charge is 0.292 e. The zero-order valence-electron chi connectivity index (χ0n) is 14.6. The number of nitrogens with zero attached hydrogens (tertiary/aromatic N) is 2. The molecule has 1 aromatic rings. The third-order valence-corrected chi connectivity index (χ3v) is 6.93. The van der Waals surface area contributed by atoms with Gasteiger partial charge in [-0.2, -0.15) is 11.8 Å². The number of thioether (sulfide) groups is 1. The molecule has 1 aromatic carbocycles. The Hall–Kier alpha value is -1.47. The summed E-state index contributed by atoms with van der Waals surface area (Å²) >= 11 is 2.03. The standard InChI is InChI=1S/C18H26N4O2S/c23-22(24)16-4-3-15-14(5-8-19-15)17(16)20-13-18(6-1-2-7-18)21-9-11-25-12-10-21/h3-4,19-20H,1-2,5-13H2. The Kier molecular flexibility index (Phi) is 4.78. The second kappa shape index (κ2) is 7.03. The minimum Gasteiger partial charge on any atom is -0.384 e. The predicted molar refractivity (Wildman–Crippen MR) is 104 cm³/mol. The number of fused-ring (bicyclic) bond motifs is 1. The number of rotatable bonds is 5. The Morgan fingerprint density at radius 2 is 2.04 bits per heavy atom. The van der Waals surface area contributed by atoms with Gasteiger partial charge in [-0.15, -0.1) is 0 Å². The molecule has 1 aliphatic carbocycles. The summed E-state index contributed by atoms with van der Waals surface area (Å²) in [6.07, 6.45) is 5.79. The third kappa shape index (κ3) is 3.19. The van der Waals surface area contributed by atoms with Crippen molar-refractivity contribution in [3.63, 3.8) is 0 Å². The van der Waals surface area contributed by atoms with Crippen molar-refractivity contribution in [3.05, 3.63) is 27.8 Å². The highest BCUT2D eigenvalue weighted by molar-refractivity contribution is 7.99. The normalized spacial score (nSPS) is 22.4. The molecule has 2 heterocycles. The molecule has 2 fully saturated rings. The van der Waals surface area contributed by atoms with E-state index in [0.717, 1.165) is 49.5 Å². The quantitative estimate of drug-likeness (QED) is 0.618. The van der Waals surface area contributed by atoms with Crippen molar-refractivity contribution in [1.82, 2.24) is 4.90 Å². The number of nitro groups is 1. The highest BCUT2D eigenvalue weighted by Gasteiger charge is 2.40. The van der Waals surface area contributed by atoms with Crippen LogP contribution in [-0.4, -0.2) is 53.0 Å². The van der Waals surface area contributed by atoms with Crippen LogP contribution in [0, 0.1) is 10.1 Å². The van der Waals surface area contributed by atoms with Crippen molar-refractivity contribution in [2.24, 2.45) is 0 Å².